The first-order chi connectivity index (χ1) is 8.80. The first kappa shape index (κ1) is 16.4. The molecule has 19 heavy (non-hydrogen) atoms. The Morgan fingerprint density at radius 3 is 2.26 bits per heavy atom. The first-order valence-electron chi connectivity index (χ1n) is 5.65. The Hall–Kier alpha value is -0.620. The highest BCUT2D eigenvalue weighted by molar-refractivity contribution is 8.10. The Labute approximate surface area is 115 Å². The second-order valence-electron chi connectivity index (χ2n) is 3.52. The van der Waals surface area contributed by atoms with E-state index in [-0.39, 0.29) is 5.69 Å². The molecule has 0 heterocycles. The maximum Gasteiger partial charge on any atom is 0.416 e. The van der Waals surface area contributed by atoms with E-state index in [1.54, 1.807) is 13.8 Å². The summed E-state index contributed by atoms with van der Waals surface area (Å²) in [5.74, 6) is 0. The Balaban J connectivity index is 2.94. The van der Waals surface area contributed by atoms with Crippen molar-refractivity contribution in [1.29, 1.82) is 0 Å². The van der Waals surface area contributed by atoms with Crippen LogP contribution in [0.4, 0.5) is 18.9 Å². The van der Waals surface area contributed by atoms with E-state index in [0.717, 1.165) is 12.1 Å². The number of alkyl halides is 3. The highest BCUT2D eigenvalue weighted by Crippen LogP contribution is 2.48. The number of hydrogen-bond donors (Lipinski definition) is 1. The molecule has 108 valence electrons. The highest BCUT2D eigenvalue weighted by Gasteiger charge is 2.30. The van der Waals surface area contributed by atoms with Gasteiger partial charge in [0.1, 0.15) is 0 Å². The fourth-order valence-corrected chi connectivity index (χ4v) is 3.65. The summed E-state index contributed by atoms with van der Waals surface area (Å²) >= 11 is 5.19. The van der Waals surface area contributed by atoms with Gasteiger partial charge in [0.25, 0.3) is 6.64 Å². The second kappa shape index (κ2) is 6.70. The summed E-state index contributed by atoms with van der Waals surface area (Å²) in [6.07, 6.45) is -4.39. The van der Waals surface area contributed by atoms with E-state index in [4.69, 9.17) is 20.9 Å². The van der Waals surface area contributed by atoms with Crippen LogP contribution in [0, 0.1) is 0 Å². The summed E-state index contributed by atoms with van der Waals surface area (Å²) in [5.41, 5.74) is -0.507. The lowest BCUT2D eigenvalue weighted by Crippen LogP contribution is -2.07. The van der Waals surface area contributed by atoms with Crippen LogP contribution in [0.1, 0.15) is 19.4 Å². The SMILES string of the molecule is CCOP(=S)(Nc1cccc(C(F)(F)F)c1)OCC. The van der Waals surface area contributed by atoms with Crippen molar-refractivity contribution in [1.82, 2.24) is 0 Å². The molecule has 8 heteroatoms. The smallest absolute Gasteiger partial charge is 0.316 e. The van der Waals surface area contributed by atoms with Gasteiger partial charge < -0.3 is 14.1 Å². The average Bonchev–Trinajstić information content (AvgIpc) is 2.28. The number of benzene rings is 1. The maximum absolute atomic E-state index is 12.6. The van der Waals surface area contributed by atoms with Crippen LogP contribution in [0.15, 0.2) is 24.3 Å². The molecule has 0 saturated carbocycles. The molecule has 0 aromatic heterocycles. The molecule has 0 unspecified atom stereocenters. The summed E-state index contributed by atoms with van der Waals surface area (Å²) in [5, 5.41) is 2.75. The summed E-state index contributed by atoms with van der Waals surface area (Å²) in [6.45, 7) is 1.34. The zero-order valence-electron chi connectivity index (χ0n) is 10.5. The number of anilines is 1. The van der Waals surface area contributed by atoms with E-state index in [2.05, 4.69) is 5.09 Å². The third kappa shape index (κ3) is 5.10. The molecular weight excluding hydrogens is 298 g/mol. The largest absolute Gasteiger partial charge is 0.416 e. The van der Waals surface area contributed by atoms with Gasteiger partial charge in [-0.15, -0.1) is 0 Å². The van der Waals surface area contributed by atoms with Crippen molar-refractivity contribution in [3.63, 3.8) is 0 Å². The molecule has 0 radical (unpaired) electrons. The fraction of sp³-hybridized carbons (Fsp3) is 0.455. The fourth-order valence-electron chi connectivity index (χ4n) is 1.36. The number of halogens is 3. The Kier molecular flexibility index (Phi) is 5.80. The molecule has 0 spiro atoms. The molecule has 0 saturated heterocycles. The average molecular weight is 313 g/mol. The molecule has 1 N–H and O–H groups in total. The molecule has 1 aromatic rings. The number of rotatable bonds is 6. The lowest BCUT2D eigenvalue weighted by atomic mass is 10.2. The van der Waals surface area contributed by atoms with Gasteiger partial charge >= 0.3 is 6.18 Å². The van der Waals surface area contributed by atoms with Crippen molar-refractivity contribution in [2.75, 3.05) is 18.3 Å². The molecular formula is C11H15F3NO2PS. The number of hydrogen-bond acceptors (Lipinski definition) is 3. The van der Waals surface area contributed by atoms with Gasteiger partial charge in [0.2, 0.25) is 0 Å². The third-order valence-corrected chi connectivity index (χ3v) is 4.69. The lowest BCUT2D eigenvalue weighted by Gasteiger charge is -2.23. The van der Waals surface area contributed by atoms with Gasteiger partial charge in [0, 0.05) is 5.69 Å². The predicted molar refractivity (Wildman–Crippen MR) is 72.6 cm³/mol. The van der Waals surface area contributed by atoms with Crippen molar-refractivity contribution in [3.05, 3.63) is 29.8 Å². The van der Waals surface area contributed by atoms with E-state index in [1.807, 2.05) is 0 Å². The topological polar surface area (TPSA) is 30.5 Å². The van der Waals surface area contributed by atoms with Gasteiger partial charge in [-0.2, -0.15) is 13.2 Å². The Morgan fingerprint density at radius 2 is 1.79 bits per heavy atom. The quantitative estimate of drug-likeness (QED) is 0.788. The first-order valence-corrected chi connectivity index (χ1v) is 8.29. The zero-order chi connectivity index (χ0) is 14.5. The van der Waals surface area contributed by atoms with Crippen LogP contribution >= 0.6 is 6.64 Å². The van der Waals surface area contributed by atoms with Gasteiger partial charge in [0.15, 0.2) is 0 Å². The minimum atomic E-state index is -4.39. The molecule has 0 atom stereocenters. The molecule has 0 bridgehead atoms. The van der Waals surface area contributed by atoms with E-state index < -0.39 is 18.4 Å². The van der Waals surface area contributed by atoms with Crippen molar-refractivity contribution >= 4 is 24.1 Å². The van der Waals surface area contributed by atoms with Crippen LogP contribution in [0.3, 0.4) is 0 Å². The molecule has 0 fully saturated rings. The van der Waals surface area contributed by atoms with Crippen LogP contribution in [0.25, 0.3) is 0 Å². The van der Waals surface area contributed by atoms with Crippen LogP contribution in [0.5, 0.6) is 0 Å². The van der Waals surface area contributed by atoms with Gasteiger partial charge in [-0.1, -0.05) is 6.07 Å². The van der Waals surface area contributed by atoms with Gasteiger partial charge in [-0.25, -0.2) is 0 Å². The molecule has 0 amide bonds. The van der Waals surface area contributed by atoms with Crippen LogP contribution in [-0.4, -0.2) is 13.2 Å². The maximum atomic E-state index is 12.6. The van der Waals surface area contributed by atoms with Crippen molar-refractivity contribution < 1.29 is 22.2 Å². The minimum absolute atomic E-state index is 0.236. The standard InChI is InChI=1S/C11H15F3NO2PS/c1-3-16-18(19,17-4-2)15-10-7-5-6-9(8-10)11(12,13)14/h5-8H,3-4H2,1-2H3,(H,15,19). The van der Waals surface area contributed by atoms with Crippen molar-refractivity contribution in [2.45, 2.75) is 20.0 Å². The van der Waals surface area contributed by atoms with E-state index >= 15 is 0 Å². The molecule has 1 aromatic carbocycles. The van der Waals surface area contributed by atoms with Crippen LogP contribution in [-0.2, 0) is 27.0 Å². The summed E-state index contributed by atoms with van der Waals surface area (Å²) in [6, 6.07) is 4.78. The molecule has 0 aliphatic rings. The highest BCUT2D eigenvalue weighted by atomic mass is 32.5. The Bertz CT molecular complexity index is 457. The van der Waals surface area contributed by atoms with Crippen molar-refractivity contribution in [2.24, 2.45) is 0 Å². The minimum Gasteiger partial charge on any atom is -0.316 e. The molecule has 0 aliphatic carbocycles. The monoisotopic (exact) mass is 313 g/mol. The molecule has 3 nitrogen and oxygen atoms in total. The summed E-state index contributed by atoms with van der Waals surface area (Å²) in [4.78, 5) is 0. The lowest BCUT2D eigenvalue weighted by molar-refractivity contribution is -0.137. The van der Waals surface area contributed by atoms with E-state index in [9.17, 15) is 13.2 Å². The van der Waals surface area contributed by atoms with Crippen LogP contribution < -0.4 is 5.09 Å². The van der Waals surface area contributed by atoms with Crippen molar-refractivity contribution in [3.8, 4) is 0 Å². The second-order valence-corrected chi connectivity index (χ2v) is 6.70. The van der Waals surface area contributed by atoms with Crippen LogP contribution in [0.2, 0.25) is 0 Å². The van der Waals surface area contributed by atoms with Gasteiger partial charge in [-0.05, 0) is 43.9 Å². The van der Waals surface area contributed by atoms with Gasteiger partial charge in [-0.3, -0.25) is 0 Å². The zero-order valence-corrected chi connectivity index (χ0v) is 12.2. The van der Waals surface area contributed by atoms with E-state index in [0.29, 0.717) is 13.2 Å². The third-order valence-electron chi connectivity index (χ3n) is 2.05. The summed E-state index contributed by atoms with van der Waals surface area (Å²) < 4.78 is 48.4. The summed E-state index contributed by atoms with van der Waals surface area (Å²) in [7, 11) is 0. The normalized spacial score (nSPS) is 12.5. The van der Waals surface area contributed by atoms with E-state index in [1.165, 1.54) is 12.1 Å². The predicted octanol–water partition coefficient (Wildman–Crippen LogP) is 4.41. The number of nitrogens with one attached hydrogen (secondary N) is 1. The van der Waals surface area contributed by atoms with Gasteiger partial charge in [0.05, 0.1) is 18.8 Å². The Morgan fingerprint density at radius 1 is 1.21 bits per heavy atom. The molecule has 0 aliphatic heterocycles. The molecule has 1 rings (SSSR count).